The lowest BCUT2D eigenvalue weighted by Gasteiger charge is -2.11. The highest BCUT2D eigenvalue weighted by molar-refractivity contribution is 8.76. The maximum absolute atomic E-state index is 15.3. The molecule has 4 aromatic carbocycles. The summed E-state index contributed by atoms with van der Waals surface area (Å²) in [6, 6.07) is 27.7. The molecule has 4 aromatic heterocycles. The van der Waals surface area contributed by atoms with Crippen molar-refractivity contribution in [3.05, 3.63) is 132 Å². The number of aromatic nitrogens is 12. The summed E-state index contributed by atoms with van der Waals surface area (Å²) in [5, 5.41) is 36.5. The van der Waals surface area contributed by atoms with Crippen LogP contribution in [0.3, 0.4) is 0 Å². The molecule has 0 radical (unpaired) electrons. The van der Waals surface area contributed by atoms with Crippen LogP contribution < -0.4 is 9.47 Å². The Morgan fingerprint density at radius 3 is 1.35 bits per heavy atom. The first-order chi connectivity index (χ1) is 26.5. The Kier molecular flexibility index (Phi) is 9.82. The summed E-state index contributed by atoms with van der Waals surface area (Å²) in [5.74, 6) is 1.06. The first-order valence-electron chi connectivity index (χ1n) is 16.3. The summed E-state index contributed by atoms with van der Waals surface area (Å²) in [5.41, 5.74) is 3.30. The van der Waals surface area contributed by atoms with Crippen molar-refractivity contribution < 1.29 is 18.3 Å². The quantitative estimate of drug-likeness (QED) is 0.118. The third-order valence-electron chi connectivity index (χ3n) is 8.16. The van der Waals surface area contributed by atoms with Crippen LogP contribution in [0.4, 0.5) is 8.78 Å². The van der Waals surface area contributed by atoms with E-state index in [0.717, 1.165) is 22.6 Å². The van der Waals surface area contributed by atoms with Gasteiger partial charge in [-0.05, 0) is 91.7 Å². The Labute approximate surface area is 314 Å². The first-order valence-corrected chi connectivity index (χ1v) is 18.4. The van der Waals surface area contributed by atoms with Crippen LogP contribution >= 0.6 is 21.6 Å². The van der Waals surface area contributed by atoms with Crippen LogP contribution in [0.25, 0.3) is 34.2 Å². The van der Waals surface area contributed by atoms with E-state index in [1.165, 1.54) is 52.7 Å². The fourth-order valence-corrected chi connectivity index (χ4v) is 7.93. The number of benzene rings is 4. The van der Waals surface area contributed by atoms with Gasteiger partial charge in [-0.3, -0.25) is 0 Å². The second-order valence-corrected chi connectivity index (χ2v) is 13.7. The monoisotopic (exact) mass is 762 g/mol. The molecule has 0 unspecified atom stereocenters. The number of methoxy groups -OCH3 is 2. The smallest absolute Gasteiger partial charge is 0.209 e. The van der Waals surface area contributed by atoms with Gasteiger partial charge in [-0.1, -0.05) is 48.5 Å². The molecule has 54 heavy (non-hydrogen) atoms. The van der Waals surface area contributed by atoms with Gasteiger partial charge in [-0.2, -0.15) is 19.8 Å². The van der Waals surface area contributed by atoms with E-state index in [9.17, 15) is 0 Å². The number of rotatable bonds is 13. The second kappa shape index (κ2) is 15.3. The molecule has 0 saturated heterocycles. The predicted octanol–water partition coefficient (Wildman–Crippen LogP) is 6.56. The molecule has 0 spiro atoms. The summed E-state index contributed by atoms with van der Waals surface area (Å²) < 4.78 is 44.0. The largest absolute Gasteiger partial charge is 0.497 e. The molecule has 0 aliphatic rings. The summed E-state index contributed by atoms with van der Waals surface area (Å²) >= 11 is 0. The van der Waals surface area contributed by atoms with Crippen LogP contribution in [0.2, 0.25) is 0 Å². The van der Waals surface area contributed by atoms with E-state index in [4.69, 9.17) is 9.47 Å². The van der Waals surface area contributed by atoms with Crippen LogP contribution in [0.5, 0.6) is 11.5 Å². The number of hydrogen-bond acceptors (Lipinski definition) is 12. The lowest BCUT2D eigenvalue weighted by atomic mass is 10.2. The normalized spacial score (nSPS) is 11.3. The number of para-hydroxylation sites is 2. The van der Waals surface area contributed by atoms with Gasteiger partial charge < -0.3 is 9.47 Å². The first kappa shape index (κ1) is 34.7. The molecule has 0 aliphatic carbocycles. The number of ether oxygens (including phenoxy) is 2. The van der Waals surface area contributed by atoms with Crippen molar-refractivity contribution in [1.29, 1.82) is 0 Å². The zero-order valence-corrected chi connectivity index (χ0v) is 30.2. The zero-order chi connectivity index (χ0) is 37.0. The third kappa shape index (κ3) is 7.15. The molecule has 0 saturated carbocycles. The van der Waals surface area contributed by atoms with Crippen molar-refractivity contribution in [2.45, 2.75) is 23.1 Å². The van der Waals surface area contributed by atoms with E-state index in [1.807, 2.05) is 48.5 Å². The number of halogens is 2. The predicted molar refractivity (Wildman–Crippen MR) is 197 cm³/mol. The highest BCUT2D eigenvalue weighted by Crippen LogP contribution is 2.46. The van der Waals surface area contributed by atoms with Gasteiger partial charge in [0.15, 0.2) is 0 Å². The molecule has 0 atom stereocenters. The molecular weight excluding hydrogens is 735 g/mol. The second-order valence-electron chi connectivity index (χ2n) is 11.6. The summed E-state index contributed by atoms with van der Waals surface area (Å²) in [6.45, 7) is 0.708. The molecule has 8 aromatic rings. The minimum absolute atomic E-state index is 0.212. The van der Waals surface area contributed by atoms with Crippen LogP contribution in [-0.4, -0.2) is 74.2 Å². The molecule has 0 N–H and O–H groups in total. The molecule has 4 heterocycles. The Morgan fingerprint density at radius 2 is 0.963 bits per heavy atom. The number of tetrazole rings is 2. The fraction of sp³-hybridized carbons (Fsp3) is 0.111. The van der Waals surface area contributed by atoms with Crippen molar-refractivity contribution in [2.24, 2.45) is 0 Å². The van der Waals surface area contributed by atoms with Gasteiger partial charge in [-0.25, -0.2) is 18.1 Å². The van der Waals surface area contributed by atoms with E-state index in [-0.39, 0.29) is 23.0 Å². The van der Waals surface area contributed by atoms with Crippen LogP contribution in [0.15, 0.2) is 120 Å². The van der Waals surface area contributed by atoms with Gasteiger partial charge in [0.05, 0.1) is 50.8 Å². The van der Waals surface area contributed by atoms with Crippen molar-refractivity contribution in [3.8, 4) is 45.6 Å². The van der Waals surface area contributed by atoms with Crippen LogP contribution in [0, 0.1) is 11.6 Å². The minimum Gasteiger partial charge on any atom is -0.497 e. The minimum atomic E-state index is -0.482. The van der Waals surface area contributed by atoms with Gasteiger partial charge >= 0.3 is 0 Å². The average Bonchev–Trinajstić information content (AvgIpc) is 4.02. The summed E-state index contributed by atoms with van der Waals surface area (Å²) in [7, 11) is 5.68. The molecule has 18 heteroatoms. The fourth-order valence-electron chi connectivity index (χ4n) is 5.44. The molecule has 0 bridgehead atoms. The summed E-state index contributed by atoms with van der Waals surface area (Å²) in [6.07, 6.45) is 3.12. The van der Waals surface area contributed by atoms with Gasteiger partial charge in [0.2, 0.25) is 11.6 Å². The number of nitrogens with zero attached hydrogens (tertiary/aromatic N) is 12. The van der Waals surface area contributed by atoms with Gasteiger partial charge in [0.25, 0.3) is 0 Å². The van der Waals surface area contributed by atoms with E-state index in [0.29, 0.717) is 34.3 Å². The molecular formula is C36H28F2N12O2S2. The van der Waals surface area contributed by atoms with Gasteiger partial charge in [0.1, 0.15) is 44.6 Å². The highest BCUT2D eigenvalue weighted by atomic mass is 33.1. The van der Waals surface area contributed by atoms with Crippen molar-refractivity contribution in [1.82, 2.24) is 60.0 Å². The molecule has 8 rings (SSSR count). The van der Waals surface area contributed by atoms with Crippen molar-refractivity contribution >= 4 is 21.6 Å². The van der Waals surface area contributed by atoms with E-state index in [2.05, 4.69) is 41.0 Å². The SMILES string of the molecule is COc1ccc(Cn2nnc(-c3cnn(-c4ccccc4F)c3SSc3c(-c4nnn(Cc5ccc(OC)cc5)n4)cnn3-c3ccccc3F)n2)cc1. The Bertz CT molecular complexity index is 2360. The molecule has 270 valence electrons. The molecule has 0 fully saturated rings. The lowest BCUT2D eigenvalue weighted by Crippen LogP contribution is -2.04. The van der Waals surface area contributed by atoms with E-state index in [1.54, 1.807) is 63.0 Å². The Morgan fingerprint density at radius 1 is 0.556 bits per heavy atom. The van der Waals surface area contributed by atoms with E-state index >= 15 is 8.78 Å². The maximum atomic E-state index is 15.3. The molecule has 0 aliphatic heterocycles. The van der Waals surface area contributed by atoms with Gasteiger partial charge in [0, 0.05) is 0 Å². The third-order valence-corrected chi connectivity index (χ3v) is 10.5. The van der Waals surface area contributed by atoms with Crippen molar-refractivity contribution in [3.63, 3.8) is 0 Å². The number of hydrogen-bond donors (Lipinski definition) is 0. The lowest BCUT2D eigenvalue weighted by molar-refractivity contribution is 0.414. The Balaban J connectivity index is 1.15. The van der Waals surface area contributed by atoms with Crippen LogP contribution in [0.1, 0.15) is 11.1 Å². The standard InChI is InChI=1S/C36H28F2N12O2S2/c1-51-25-15-11-23(12-16-25)21-47-43-33(41-45-47)27-19-39-49(31-9-5-3-7-29(31)37)35(27)53-54-36-28(20-40-50(36)32-10-6-4-8-30(32)38)34-42-46-48(44-34)22-24-13-17-26(52-2)18-14-24/h3-20H,21-22H2,1-2H3. The maximum Gasteiger partial charge on any atom is 0.209 e. The topological polar surface area (TPSA) is 141 Å². The zero-order valence-electron chi connectivity index (χ0n) is 28.6. The van der Waals surface area contributed by atoms with E-state index < -0.39 is 11.6 Å². The average molecular weight is 763 g/mol. The van der Waals surface area contributed by atoms with Gasteiger partial charge in [-0.15, -0.1) is 20.4 Å². The summed E-state index contributed by atoms with van der Waals surface area (Å²) in [4.78, 5) is 2.93. The molecule has 0 amide bonds. The highest BCUT2D eigenvalue weighted by Gasteiger charge is 2.25. The van der Waals surface area contributed by atoms with Crippen LogP contribution in [-0.2, 0) is 13.1 Å². The molecule has 14 nitrogen and oxygen atoms in total. The van der Waals surface area contributed by atoms with Crippen molar-refractivity contribution in [2.75, 3.05) is 14.2 Å². The Hall–Kier alpha value is -6.40.